The van der Waals surface area contributed by atoms with E-state index in [0.29, 0.717) is 6.07 Å². The number of aromatic nitrogens is 3. The molecule has 4 rings (SSSR count). The van der Waals surface area contributed by atoms with Crippen molar-refractivity contribution in [1.29, 1.82) is 0 Å². The van der Waals surface area contributed by atoms with Gasteiger partial charge in [0.05, 0.1) is 19.3 Å². The molecular weight excluding hydrogens is 433 g/mol. The zero-order valence-corrected chi connectivity index (χ0v) is 16.9. The number of rotatable bonds is 6. The second-order valence-electron chi connectivity index (χ2n) is 6.54. The summed E-state index contributed by atoms with van der Waals surface area (Å²) in [7, 11) is -3.09. The lowest BCUT2D eigenvalue weighted by Crippen LogP contribution is -2.31. The predicted octanol–water partition coefficient (Wildman–Crippen LogP) is 3.55. The molecule has 160 valence electrons. The Balaban J connectivity index is 1.87. The van der Waals surface area contributed by atoms with Gasteiger partial charge in [-0.15, -0.1) is 10.2 Å². The van der Waals surface area contributed by atoms with Gasteiger partial charge in [0.15, 0.2) is 17.2 Å². The summed E-state index contributed by atoms with van der Waals surface area (Å²) in [5.74, 6) is -2.65. The summed E-state index contributed by atoms with van der Waals surface area (Å²) in [4.78, 5) is -0.230. The third kappa shape index (κ3) is 3.91. The van der Waals surface area contributed by atoms with Crippen LogP contribution in [0.25, 0.3) is 5.65 Å². The molecule has 31 heavy (non-hydrogen) atoms. The molecule has 0 bridgehead atoms. The first-order chi connectivity index (χ1) is 14.8. The minimum Gasteiger partial charge on any atom is -0.494 e. The molecule has 11 heteroatoms. The lowest BCUT2D eigenvalue weighted by atomic mass is 10.2. The van der Waals surface area contributed by atoms with Crippen molar-refractivity contribution in [3.63, 3.8) is 0 Å². The molecular formula is C20H15F3N4O3S. The highest BCUT2D eigenvalue weighted by Crippen LogP contribution is 2.30. The van der Waals surface area contributed by atoms with E-state index in [1.165, 1.54) is 42.1 Å². The van der Waals surface area contributed by atoms with Gasteiger partial charge in [0, 0.05) is 12.3 Å². The summed E-state index contributed by atoms with van der Waals surface area (Å²) < 4.78 is 76.2. The Morgan fingerprint density at radius 1 is 1.06 bits per heavy atom. The molecule has 7 nitrogen and oxygen atoms in total. The van der Waals surface area contributed by atoms with Gasteiger partial charge < -0.3 is 4.74 Å². The number of methoxy groups -OCH3 is 1. The second-order valence-corrected chi connectivity index (χ2v) is 8.37. The van der Waals surface area contributed by atoms with Gasteiger partial charge in [0.2, 0.25) is 0 Å². The summed E-state index contributed by atoms with van der Waals surface area (Å²) in [6, 6.07) is 9.04. The van der Waals surface area contributed by atoms with Gasteiger partial charge >= 0.3 is 0 Å². The number of hydrogen-bond donors (Lipinski definition) is 0. The van der Waals surface area contributed by atoms with Crippen molar-refractivity contribution in [2.24, 2.45) is 0 Å². The van der Waals surface area contributed by atoms with E-state index in [-0.39, 0.29) is 27.5 Å². The summed E-state index contributed by atoms with van der Waals surface area (Å²) in [6.07, 6.45) is 2.87. The topological polar surface area (TPSA) is 76.8 Å². The fourth-order valence-electron chi connectivity index (χ4n) is 3.12. The molecule has 0 atom stereocenters. The van der Waals surface area contributed by atoms with Crippen LogP contribution in [0.5, 0.6) is 5.75 Å². The standard InChI is InChI=1S/C20H15F3N4O3S/c1-30-18-5-4-13(7-17(18)23)11-27(16-9-14(21)8-15(22)10-16)31(28,29)19-3-2-6-26-12-24-25-20(19)26/h2-10,12H,11H2,1H3. The second kappa shape index (κ2) is 7.91. The number of anilines is 1. The molecule has 2 aromatic carbocycles. The number of fused-ring (bicyclic) bond motifs is 1. The van der Waals surface area contributed by atoms with Crippen molar-refractivity contribution in [2.45, 2.75) is 11.4 Å². The molecule has 0 radical (unpaired) electrons. The lowest BCUT2D eigenvalue weighted by molar-refractivity contribution is 0.386. The van der Waals surface area contributed by atoms with Crippen molar-refractivity contribution < 1.29 is 26.3 Å². The van der Waals surface area contributed by atoms with Gasteiger partial charge in [-0.1, -0.05) is 6.07 Å². The van der Waals surface area contributed by atoms with Crippen LogP contribution >= 0.6 is 0 Å². The highest BCUT2D eigenvalue weighted by molar-refractivity contribution is 7.93. The SMILES string of the molecule is COc1ccc(CN(c2cc(F)cc(F)c2)S(=O)(=O)c2cccn3cnnc23)cc1F. The van der Waals surface area contributed by atoms with E-state index in [9.17, 15) is 21.6 Å². The molecule has 0 unspecified atom stereocenters. The first kappa shape index (κ1) is 20.7. The maximum atomic E-state index is 14.2. The Kier molecular flexibility index (Phi) is 5.27. The van der Waals surface area contributed by atoms with Crippen molar-refractivity contribution in [3.05, 3.63) is 84.1 Å². The van der Waals surface area contributed by atoms with E-state index in [2.05, 4.69) is 10.2 Å². The molecule has 0 spiro atoms. The molecule has 0 aliphatic heterocycles. The first-order valence-electron chi connectivity index (χ1n) is 8.89. The van der Waals surface area contributed by atoms with Gasteiger partial charge in [0.1, 0.15) is 22.9 Å². The fraction of sp³-hybridized carbons (Fsp3) is 0.100. The van der Waals surface area contributed by atoms with Crippen molar-refractivity contribution in [3.8, 4) is 5.75 Å². The van der Waals surface area contributed by atoms with E-state index in [4.69, 9.17) is 4.74 Å². The molecule has 0 amide bonds. The zero-order valence-electron chi connectivity index (χ0n) is 16.0. The van der Waals surface area contributed by atoms with Crippen LogP contribution in [0.2, 0.25) is 0 Å². The van der Waals surface area contributed by atoms with Gasteiger partial charge in [-0.2, -0.15) is 0 Å². The highest BCUT2D eigenvalue weighted by Gasteiger charge is 2.29. The van der Waals surface area contributed by atoms with Crippen LogP contribution in [0, 0.1) is 17.5 Å². The molecule has 0 aliphatic carbocycles. The third-order valence-corrected chi connectivity index (χ3v) is 6.33. The maximum absolute atomic E-state index is 14.2. The lowest BCUT2D eigenvalue weighted by Gasteiger charge is -2.25. The Hall–Kier alpha value is -3.60. The van der Waals surface area contributed by atoms with Gasteiger partial charge in [-0.05, 0) is 42.0 Å². The van der Waals surface area contributed by atoms with Gasteiger partial charge in [0.25, 0.3) is 10.0 Å². The summed E-state index contributed by atoms with van der Waals surface area (Å²) >= 11 is 0. The Bertz CT molecular complexity index is 1360. The largest absolute Gasteiger partial charge is 0.494 e. The molecule has 0 fully saturated rings. The van der Waals surface area contributed by atoms with Crippen LogP contribution in [-0.4, -0.2) is 30.1 Å². The molecule has 0 saturated heterocycles. The van der Waals surface area contributed by atoms with Gasteiger partial charge in [-0.3, -0.25) is 8.71 Å². The average Bonchev–Trinajstić information content (AvgIpc) is 3.20. The molecule has 0 saturated carbocycles. The fourth-order valence-corrected chi connectivity index (χ4v) is 4.69. The number of hydrogen-bond acceptors (Lipinski definition) is 5. The Labute approximate surface area is 175 Å². The van der Waals surface area contributed by atoms with Crippen molar-refractivity contribution in [2.75, 3.05) is 11.4 Å². The zero-order chi connectivity index (χ0) is 22.2. The van der Waals surface area contributed by atoms with Gasteiger partial charge in [-0.25, -0.2) is 21.6 Å². The monoisotopic (exact) mass is 448 g/mol. The third-order valence-electron chi connectivity index (χ3n) is 4.53. The van der Waals surface area contributed by atoms with E-state index < -0.39 is 34.0 Å². The molecule has 2 aromatic heterocycles. The number of nitrogens with zero attached hydrogens (tertiary/aromatic N) is 4. The smallest absolute Gasteiger partial charge is 0.268 e. The van der Waals surface area contributed by atoms with E-state index >= 15 is 0 Å². The molecule has 0 aliphatic rings. The van der Waals surface area contributed by atoms with Crippen LogP contribution in [-0.2, 0) is 16.6 Å². The van der Waals surface area contributed by atoms with Crippen LogP contribution in [0.3, 0.4) is 0 Å². The minimum absolute atomic E-state index is 0.0248. The number of benzene rings is 2. The maximum Gasteiger partial charge on any atom is 0.268 e. The Morgan fingerprint density at radius 2 is 1.81 bits per heavy atom. The van der Waals surface area contributed by atoms with Crippen LogP contribution in [0.4, 0.5) is 18.9 Å². The predicted molar refractivity (Wildman–Crippen MR) is 106 cm³/mol. The van der Waals surface area contributed by atoms with Crippen molar-refractivity contribution in [1.82, 2.24) is 14.6 Å². The average molecular weight is 448 g/mol. The number of ether oxygens (including phenoxy) is 1. The molecule has 4 aromatic rings. The van der Waals surface area contributed by atoms with Crippen LogP contribution < -0.4 is 9.04 Å². The number of halogens is 3. The van der Waals surface area contributed by atoms with E-state index in [1.54, 1.807) is 6.20 Å². The molecule has 0 N–H and O–H groups in total. The molecule has 2 heterocycles. The summed E-state index contributed by atoms with van der Waals surface area (Å²) in [5, 5.41) is 7.52. The summed E-state index contributed by atoms with van der Waals surface area (Å²) in [6.45, 7) is -0.401. The number of pyridine rings is 1. The van der Waals surface area contributed by atoms with Crippen LogP contribution in [0.15, 0.2) is 66.0 Å². The first-order valence-corrected chi connectivity index (χ1v) is 10.3. The van der Waals surface area contributed by atoms with Crippen molar-refractivity contribution >= 4 is 21.4 Å². The van der Waals surface area contributed by atoms with Crippen LogP contribution in [0.1, 0.15) is 5.56 Å². The normalized spacial score (nSPS) is 11.6. The number of sulfonamides is 1. The highest BCUT2D eigenvalue weighted by atomic mass is 32.2. The quantitative estimate of drug-likeness (QED) is 0.451. The Morgan fingerprint density at radius 3 is 2.48 bits per heavy atom. The van der Waals surface area contributed by atoms with E-state index in [1.807, 2.05) is 0 Å². The minimum atomic E-state index is -4.39. The van der Waals surface area contributed by atoms with E-state index in [0.717, 1.165) is 22.5 Å². The summed E-state index contributed by atoms with van der Waals surface area (Å²) in [5.41, 5.74) is 0.000457.